The van der Waals surface area contributed by atoms with Gasteiger partial charge in [-0.3, -0.25) is 0 Å². The molecule has 0 aromatic heterocycles. The molecule has 42 valence electrons. The lowest BCUT2D eigenvalue weighted by molar-refractivity contribution is 0.620. The molecule has 1 aliphatic carbocycles. The van der Waals surface area contributed by atoms with E-state index in [9.17, 15) is 0 Å². The highest BCUT2D eigenvalue weighted by Crippen LogP contribution is 2.14. The molecule has 0 atom stereocenters. The highest BCUT2D eigenvalue weighted by molar-refractivity contribution is 7.60. The van der Waals surface area contributed by atoms with Gasteiger partial charge in [0.1, 0.15) is 0 Å². The second kappa shape index (κ2) is 3.80. The highest BCUT2D eigenvalue weighted by Gasteiger charge is 1.95. The number of hydrogen-bond donors (Lipinski definition) is 1. The summed E-state index contributed by atoms with van der Waals surface area (Å²) in [5.41, 5.74) is 0. The van der Waals surface area contributed by atoms with Gasteiger partial charge in [-0.05, 0) is 0 Å². The van der Waals surface area contributed by atoms with Gasteiger partial charge in [-0.15, -0.1) is 0 Å². The van der Waals surface area contributed by atoms with Gasteiger partial charge in [-0.25, -0.2) is 0 Å². The topological polar surface area (TPSA) is 58.0 Å². The fourth-order valence-corrected chi connectivity index (χ4v) is 0. The van der Waals surface area contributed by atoms with Crippen LogP contribution in [0.15, 0.2) is 0 Å². The molecule has 0 aromatic rings. The molecule has 0 bridgehead atoms. The first-order valence-corrected chi connectivity index (χ1v) is 3.11. The molecule has 0 unspecified atom stereocenters. The van der Waals surface area contributed by atoms with Crippen LogP contribution >= 0.6 is 0 Å². The van der Waals surface area contributed by atoms with Crippen molar-refractivity contribution in [1.82, 2.24) is 0 Å². The Morgan fingerprint density at radius 1 is 1.14 bits per heavy atom. The van der Waals surface area contributed by atoms with Crippen molar-refractivity contribution in [3.8, 4) is 0 Å². The maximum absolute atomic E-state index is 8.67. The largest absolute Gasteiger partial charge is 0.308 e. The van der Waals surface area contributed by atoms with Gasteiger partial charge in [-0.1, -0.05) is 19.3 Å². The van der Waals surface area contributed by atoms with Crippen molar-refractivity contribution in [1.29, 1.82) is 4.78 Å². The van der Waals surface area contributed by atoms with Gasteiger partial charge in [0.25, 0.3) is 0 Å². The molecule has 0 aliphatic heterocycles. The second-order valence-electron chi connectivity index (χ2n) is 1.30. The molecule has 0 aromatic carbocycles. The third kappa shape index (κ3) is 192. The van der Waals surface area contributed by atoms with Gasteiger partial charge in [-0.2, -0.15) is 13.2 Å². The van der Waals surface area contributed by atoms with Crippen LogP contribution in [0.2, 0.25) is 0 Å². The van der Waals surface area contributed by atoms with E-state index in [0.29, 0.717) is 0 Å². The normalized spacial score (nSPS) is 13.7. The van der Waals surface area contributed by atoms with Crippen LogP contribution in [0.25, 0.3) is 0 Å². The minimum Gasteiger partial charge on any atom is -0.188 e. The predicted octanol–water partition coefficient (Wildman–Crippen LogP) is 0.798. The third-order valence-corrected chi connectivity index (χ3v) is 0.354. The molecule has 0 heterocycles. The molecule has 0 saturated heterocycles. The van der Waals surface area contributed by atoms with Gasteiger partial charge < -0.3 is 0 Å². The monoisotopic (exact) mass is 121 g/mol. The van der Waals surface area contributed by atoms with E-state index in [0.717, 1.165) is 0 Å². The first-order chi connectivity index (χ1) is 3.23. The lowest BCUT2D eigenvalue weighted by Gasteiger charge is -1.18. The van der Waals surface area contributed by atoms with Gasteiger partial charge in [0.2, 0.25) is 0 Å². The Hall–Kier alpha value is -0.380. The molecular formula is C3H7NO2S. The van der Waals surface area contributed by atoms with Crippen molar-refractivity contribution in [2.24, 2.45) is 0 Å². The summed E-state index contributed by atoms with van der Waals surface area (Å²) >= 11 is 0. The summed E-state index contributed by atoms with van der Waals surface area (Å²) in [5.74, 6) is 0. The smallest absolute Gasteiger partial charge is 0.188 e. The Balaban J connectivity index is 0.000000105. The van der Waals surface area contributed by atoms with E-state index in [4.69, 9.17) is 13.2 Å². The minimum absolute atomic E-state index is 1.50. The van der Waals surface area contributed by atoms with E-state index in [1.807, 2.05) is 0 Å². The maximum atomic E-state index is 8.67. The SMILES string of the molecule is C1CC1.N=S(=O)=O. The Kier molecular flexibility index (Phi) is 3.59. The first-order valence-electron chi connectivity index (χ1n) is 2.04. The zero-order valence-electron chi connectivity index (χ0n) is 3.85. The molecule has 1 fully saturated rings. The van der Waals surface area contributed by atoms with Crippen LogP contribution in [0.5, 0.6) is 0 Å². The van der Waals surface area contributed by atoms with Gasteiger partial charge in [0.15, 0.2) is 0 Å². The van der Waals surface area contributed by atoms with Crippen molar-refractivity contribution in [3.63, 3.8) is 0 Å². The summed E-state index contributed by atoms with van der Waals surface area (Å²) in [7, 11) is -2.61. The Morgan fingerprint density at radius 2 is 1.29 bits per heavy atom. The van der Waals surface area contributed by atoms with Crippen LogP contribution < -0.4 is 0 Å². The van der Waals surface area contributed by atoms with Gasteiger partial charge in [0, 0.05) is 0 Å². The van der Waals surface area contributed by atoms with E-state index in [1.165, 1.54) is 19.3 Å². The fraction of sp³-hybridized carbons (Fsp3) is 1.00. The van der Waals surface area contributed by atoms with Gasteiger partial charge in [0.05, 0.1) is 0 Å². The van der Waals surface area contributed by atoms with Crippen LogP contribution in [-0.2, 0) is 10.5 Å². The van der Waals surface area contributed by atoms with Gasteiger partial charge >= 0.3 is 10.5 Å². The highest BCUT2D eigenvalue weighted by atomic mass is 32.2. The molecule has 0 spiro atoms. The van der Waals surface area contributed by atoms with Crippen molar-refractivity contribution >= 4 is 10.5 Å². The van der Waals surface area contributed by atoms with Crippen molar-refractivity contribution < 1.29 is 8.42 Å². The predicted molar refractivity (Wildman–Crippen MR) is 25.5 cm³/mol. The molecule has 7 heavy (non-hydrogen) atoms. The summed E-state index contributed by atoms with van der Waals surface area (Å²) in [5, 5.41) is 0. The van der Waals surface area contributed by atoms with Crippen LogP contribution in [-0.4, -0.2) is 8.42 Å². The van der Waals surface area contributed by atoms with Crippen LogP contribution in [0.3, 0.4) is 0 Å². The second-order valence-corrected chi connectivity index (χ2v) is 1.76. The third-order valence-electron chi connectivity index (χ3n) is 0.354. The molecule has 3 nitrogen and oxygen atoms in total. The standard InChI is InChI=1S/C3H6.HNO2S/c1-2-3-1;1-4(2)3/h1-3H2;1H. The quantitative estimate of drug-likeness (QED) is 0.515. The molecular weight excluding hydrogens is 114 g/mol. The summed E-state index contributed by atoms with van der Waals surface area (Å²) in [6, 6.07) is 0. The first kappa shape index (κ1) is 6.62. The van der Waals surface area contributed by atoms with Crippen molar-refractivity contribution in [2.75, 3.05) is 0 Å². The number of nitrogens with one attached hydrogen (secondary N) is 1. The van der Waals surface area contributed by atoms with E-state index < -0.39 is 10.5 Å². The summed E-state index contributed by atoms with van der Waals surface area (Å²) in [4.78, 5) is 0. The number of hydrogen-bond acceptors (Lipinski definition) is 3. The average molecular weight is 121 g/mol. The van der Waals surface area contributed by atoms with Crippen LogP contribution in [0.4, 0.5) is 0 Å². The zero-order chi connectivity index (χ0) is 5.70. The van der Waals surface area contributed by atoms with E-state index in [-0.39, 0.29) is 0 Å². The Bertz CT molecular complexity index is 110. The fourth-order valence-electron chi connectivity index (χ4n) is 0. The van der Waals surface area contributed by atoms with Crippen LogP contribution in [0, 0.1) is 4.78 Å². The lowest BCUT2D eigenvalue weighted by atomic mass is 11.0. The molecule has 1 N–H and O–H groups in total. The molecule has 1 saturated carbocycles. The molecule has 0 amide bonds. The van der Waals surface area contributed by atoms with E-state index in [1.54, 1.807) is 0 Å². The molecule has 1 rings (SSSR count). The minimum atomic E-state index is -2.61. The molecule has 1 aliphatic rings. The number of rotatable bonds is 0. The Labute approximate surface area is 43.9 Å². The van der Waals surface area contributed by atoms with Crippen LogP contribution in [0.1, 0.15) is 19.3 Å². The summed E-state index contributed by atoms with van der Waals surface area (Å²) in [6.07, 6.45) is 4.50. The zero-order valence-corrected chi connectivity index (χ0v) is 4.66. The molecule has 0 radical (unpaired) electrons. The lowest BCUT2D eigenvalue weighted by Crippen LogP contribution is -1.34. The summed E-state index contributed by atoms with van der Waals surface area (Å²) in [6.45, 7) is 0. The molecule has 4 heteroatoms. The summed E-state index contributed by atoms with van der Waals surface area (Å²) < 4.78 is 22.8. The van der Waals surface area contributed by atoms with Crippen molar-refractivity contribution in [3.05, 3.63) is 0 Å². The maximum Gasteiger partial charge on any atom is 0.308 e. The average Bonchev–Trinajstić information content (AvgIpc) is 2.02. The Morgan fingerprint density at radius 3 is 1.29 bits per heavy atom. The van der Waals surface area contributed by atoms with E-state index in [2.05, 4.69) is 0 Å². The van der Waals surface area contributed by atoms with E-state index >= 15 is 0 Å². The van der Waals surface area contributed by atoms with Crippen molar-refractivity contribution in [2.45, 2.75) is 19.3 Å².